The van der Waals surface area contributed by atoms with E-state index >= 15 is 0 Å². The highest BCUT2D eigenvalue weighted by molar-refractivity contribution is 7.99. The van der Waals surface area contributed by atoms with Crippen LogP contribution < -0.4 is 10.6 Å². The summed E-state index contributed by atoms with van der Waals surface area (Å²) < 4.78 is 0. The molecule has 2 heterocycles. The quantitative estimate of drug-likeness (QED) is 0.792. The van der Waals surface area contributed by atoms with Gasteiger partial charge in [0.15, 0.2) is 0 Å². The van der Waals surface area contributed by atoms with E-state index in [1.54, 1.807) is 16.7 Å². The van der Waals surface area contributed by atoms with Crippen molar-refractivity contribution in [3.63, 3.8) is 0 Å². The van der Waals surface area contributed by atoms with Crippen LogP contribution in [-0.4, -0.2) is 53.5 Å². The zero-order chi connectivity index (χ0) is 13.7. The molecule has 20 heavy (non-hydrogen) atoms. The Kier molecular flexibility index (Phi) is 7.69. The second kappa shape index (κ2) is 8.74. The fourth-order valence-corrected chi connectivity index (χ4v) is 3.63. The lowest BCUT2D eigenvalue weighted by Crippen LogP contribution is -2.50. The van der Waals surface area contributed by atoms with Crippen LogP contribution in [0.1, 0.15) is 32.6 Å². The first kappa shape index (κ1) is 17.6. The topological polar surface area (TPSA) is 61.4 Å². The van der Waals surface area contributed by atoms with Gasteiger partial charge in [-0.25, -0.2) is 0 Å². The smallest absolute Gasteiger partial charge is 0.243 e. The molecular weight excluding hydrogens is 298 g/mol. The van der Waals surface area contributed by atoms with E-state index in [0.717, 1.165) is 38.1 Å². The van der Waals surface area contributed by atoms with E-state index in [4.69, 9.17) is 0 Å². The molecule has 7 heteroatoms. The Bertz CT molecular complexity index is 338. The molecule has 2 fully saturated rings. The van der Waals surface area contributed by atoms with Gasteiger partial charge in [-0.3, -0.25) is 9.59 Å². The first-order valence-electron chi connectivity index (χ1n) is 7.10. The van der Waals surface area contributed by atoms with Crippen LogP contribution >= 0.6 is 24.2 Å². The zero-order valence-electron chi connectivity index (χ0n) is 11.9. The van der Waals surface area contributed by atoms with E-state index in [2.05, 4.69) is 17.6 Å². The van der Waals surface area contributed by atoms with Crippen molar-refractivity contribution in [3.05, 3.63) is 0 Å². The molecule has 5 nitrogen and oxygen atoms in total. The number of unbranched alkanes of at least 4 members (excludes halogenated alkanes) is 1. The van der Waals surface area contributed by atoms with Gasteiger partial charge in [0.2, 0.25) is 11.8 Å². The maximum atomic E-state index is 12.2. The first-order valence-corrected chi connectivity index (χ1v) is 8.26. The molecule has 0 saturated carbocycles. The van der Waals surface area contributed by atoms with Gasteiger partial charge < -0.3 is 15.5 Å². The molecule has 2 unspecified atom stereocenters. The molecule has 0 aromatic carbocycles. The van der Waals surface area contributed by atoms with Crippen LogP contribution in [-0.2, 0) is 9.59 Å². The fourth-order valence-electron chi connectivity index (χ4n) is 2.45. The second-order valence-electron chi connectivity index (χ2n) is 5.18. The van der Waals surface area contributed by atoms with Crippen molar-refractivity contribution in [3.8, 4) is 0 Å². The van der Waals surface area contributed by atoms with Gasteiger partial charge in [0.25, 0.3) is 0 Å². The number of hydrogen-bond donors (Lipinski definition) is 2. The van der Waals surface area contributed by atoms with Crippen molar-refractivity contribution in [1.29, 1.82) is 0 Å². The Morgan fingerprint density at radius 1 is 1.45 bits per heavy atom. The Hall–Kier alpha value is -0.460. The van der Waals surface area contributed by atoms with Crippen molar-refractivity contribution >= 4 is 36.0 Å². The van der Waals surface area contributed by atoms with Crippen molar-refractivity contribution in [1.82, 2.24) is 15.5 Å². The summed E-state index contributed by atoms with van der Waals surface area (Å²) in [6.07, 6.45) is 3.46. The minimum absolute atomic E-state index is 0. The molecule has 0 radical (unpaired) electrons. The van der Waals surface area contributed by atoms with Crippen LogP contribution in [0.2, 0.25) is 0 Å². The predicted molar refractivity (Wildman–Crippen MR) is 84.1 cm³/mol. The van der Waals surface area contributed by atoms with Crippen LogP contribution in [0.15, 0.2) is 0 Å². The number of nitrogens with one attached hydrogen (secondary N) is 2. The third-order valence-electron chi connectivity index (χ3n) is 3.66. The van der Waals surface area contributed by atoms with E-state index < -0.39 is 0 Å². The molecule has 0 bridgehead atoms. The third kappa shape index (κ3) is 4.53. The lowest BCUT2D eigenvalue weighted by molar-refractivity contribution is -0.138. The van der Waals surface area contributed by atoms with Gasteiger partial charge in [-0.2, -0.15) is 0 Å². The molecule has 0 aromatic rings. The van der Waals surface area contributed by atoms with Crippen LogP contribution in [0.25, 0.3) is 0 Å². The second-order valence-corrected chi connectivity index (χ2v) is 6.18. The van der Waals surface area contributed by atoms with Gasteiger partial charge in [0.1, 0.15) is 6.04 Å². The monoisotopic (exact) mass is 321 g/mol. The minimum Gasteiger partial charge on any atom is -0.350 e. The van der Waals surface area contributed by atoms with Crippen molar-refractivity contribution < 1.29 is 9.59 Å². The summed E-state index contributed by atoms with van der Waals surface area (Å²) >= 11 is 1.67. The normalized spacial score (nSPS) is 25.4. The van der Waals surface area contributed by atoms with Crippen LogP contribution in [0.3, 0.4) is 0 Å². The van der Waals surface area contributed by atoms with Crippen LogP contribution in [0, 0.1) is 0 Å². The molecule has 2 atom stereocenters. The number of hydrogen-bond acceptors (Lipinski definition) is 4. The van der Waals surface area contributed by atoms with E-state index in [1.807, 2.05) is 0 Å². The summed E-state index contributed by atoms with van der Waals surface area (Å²) in [4.78, 5) is 26.1. The predicted octanol–water partition coefficient (Wildman–Crippen LogP) is 0.978. The maximum absolute atomic E-state index is 12.2. The van der Waals surface area contributed by atoms with E-state index in [1.165, 1.54) is 0 Å². The molecule has 0 spiro atoms. The average molecular weight is 322 g/mol. The maximum Gasteiger partial charge on any atom is 0.243 e. The van der Waals surface area contributed by atoms with E-state index in [9.17, 15) is 9.59 Å². The number of thioether (sulfide) groups is 1. The molecule has 2 rings (SSSR count). The van der Waals surface area contributed by atoms with Gasteiger partial charge in [-0.15, -0.1) is 24.2 Å². The molecule has 0 aromatic heterocycles. The average Bonchev–Trinajstić information content (AvgIpc) is 3.05. The molecule has 0 aliphatic carbocycles. The summed E-state index contributed by atoms with van der Waals surface area (Å²) in [5, 5.41) is 6.28. The Morgan fingerprint density at radius 3 is 2.90 bits per heavy atom. The first-order chi connectivity index (χ1) is 9.22. The third-order valence-corrected chi connectivity index (χ3v) is 4.67. The van der Waals surface area contributed by atoms with E-state index in [0.29, 0.717) is 12.3 Å². The summed E-state index contributed by atoms with van der Waals surface area (Å²) in [7, 11) is 0. The number of nitrogens with zero attached hydrogens (tertiary/aromatic N) is 1. The number of rotatable bonds is 5. The van der Waals surface area contributed by atoms with Gasteiger partial charge in [0.05, 0.1) is 5.88 Å². The minimum atomic E-state index is -0.269. The highest BCUT2D eigenvalue weighted by Crippen LogP contribution is 2.22. The van der Waals surface area contributed by atoms with Gasteiger partial charge in [-0.05, 0) is 19.4 Å². The number of carbonyl (C=O) groups excluding carboxylic acids is 2. The Morgan fingerprint density at radius 2 is 2.25 bits per heavy atom. The summed E-state index contributed by atoms with van der Waals surface area (Å²) in [6, 6.07) is -0.0411. The number of carbonyl (C=O) groups is 2. The molecule has 2 saturated heterocycles. The molecule has 2 amide bonds. The van der Waals surface area contributed by atoms with Crippen LogP contribution in [0.5, 0.6) is 0 Å². The summed E-state index contributed by atoms with van der Waals surface area (Å²) in [6.45, 7) is 3.88. The lowest BCUT2D eigenvalue weighted by atomic mass is 10.2. The van der Waals surface area contributed by atoms with Crippen molar-refractivity contribution in [2.24, 2.45) is 0 Å². The SMILES string of the molecule is CCCCC(=O)N1CSCC1C(=O)NC1CCNC1.Cl. The van der Waals surface area contributed by atoms with Gasteiger partial charge in [-0.1, -0.05) is 13.3 Å². The number of amides is 2. The molecule has 2 N–H and O–H groups in total. The lowest BCUT2D eigenvalue weighted by Gasteiger charge is -2.24. The summed E-state index contributed by atoms with van der Waals surface area (Å²) in [5.74, 6) is 1.52. The fraction of sp³-hybridized carbons (Fsp3) is 0.846. The Labute approximate surface area is 131 Å². The van der Waals surface area contributed by atoms with Crippen molar-refractivity contribution in [2.75, 3.05) is 24.7 Å². The highest BCUT2D eigenvalue weighted by Gasteiger charge is 2.35. The molecule has 116 valence electrons. The van der Waals surface area contributed by atoms with Gasteiger partial charge >= 0.3 is 0 Å². The summed E-state index contributed by atoms with van der Waals surface area (Å²) in [5.41, 5.74) is 0. The Balaban J connectivity index is 0.00000200. The van der Waals surface area contributed by atoms with E-state index in [-0.39, 0.29) is 36.3 Å². The standard InChI is InChI=1S/C13H23N3O2S.ClH/c1-2-3-4-12(17)16-9-19-8-11(16)13(18)15-10-5-6-14-7-10;/h10-11,14H,2-9H2,1H3,(H,15,18);1H. The largest absolute Gasteiger partial charge is 0.350 e. The van der Waals surface area contributed by atoms with Crippen LogP contribution in [0.4, 0.5) is 0 Å². The highest BCUT2D eigenvalue weighted by atomic mass is 35.5. The molecule has 2 aliphatic rings. The molecule has 2 aliphatic heterocycles. The van der Waals surface area contributed by atoms with Crippen molar-refractivity contribution in [2.45, 2.75) is 44.7 Å². The molecular formula is C13H24ClN3O2S. The zero-order valence-corrected chi connectivity index (χ0v) is 13.5. The van der Waals surface area contributed by atoms with Gasteiger partial charge in [0, 0.05) is 24.8 Å². The number of halogens is 1.